The topological polar surface area (TPSA) is 73.9 Å². The van der Waals surface area contributed by atoms with E-state index in [1.807, 2.05) is 30.3 Å². The van der Waals surface area contributed by atoms with Gasteiger partial charge in [0.15, 0.2) is 5.06 Å². The molecular formula is C25H32N4O3S2. The Kier molecular flexibility index (Phi) is 8.10. The number of aryl methyl sites for hydroxylation is 1. The Morgan fingerprint density at radius 1 is 1.09 bits per heavy atom. The third kappa shape index (κ3) is 6.29. The first-order valence-electron chi connectivity index (χ1n) is 11.6. The van der Waals surface area contributed by atoms with Gasteiger partial charge < -0.3 is 19.9 Å². The third-order valence-corrected chi connectivity index (χ3v) is 8.68. The molecule has 0 spiro atoms. The Hall–Kier alpha value is -2.59. The van der Waals surface area contributed by atoms with Crippen molar-refractivity contribution in [1.82, 2.24) is 10.0 Å². The Bertz CT molecular complexity index is 1190. The number of anilines is 2. The number of piperazine rings is 1. The summed E-state index contributed by atoms with van der Waals surface area (Å²) in [4.78, 5) is 4.47. The average Bonchev–Trinajstić information content (AvgIpc) is 3.32. The fourth-order valence-corrected chi connectivity index (χ4v) is 6.19. The minimum atomic E-state index is -3.60. The molecule has 3 aromatic rings. The van der Waals surface area contributed by atoms with Gasteiger partial charge in [-0.2, -0.15) is 0 Å². The number of nitrogens with zero attached hydrogens (tertiary/aromatic N) is 2. The maximum Gasteiger partial charge on any atom is 0.250 e. The van der Waals surface area contributed by atoms with Crippen LogP contribution < -0.4 is 24.6 Å². The number of likely N-dealkylation sites (N-methyl/N-ethyl adjacent to an activating group) is 1. The van der Waals surface area contributed by atoms with Crippen LogP contribution in [0.15, 0.2) is 64.9 Å². The van der Waals surface area contributed by atoms with Crippen LogP contribution in [0.1, 0.15) is 12.5 Å². The summed E-state index contributed by atoms with van der Waals surface area (Å²) in [6.45, 7) is 9.67. The molecule has 2 heterocycles. The Labute approximate surface area is 206 Å². The number of thiophene rings is 1. The SMILES string of the molecule is CCN(CCNS(=O)(=O)c1ccc(Oc2cccc(N3CCNCC3)c2)s1)c1cccc(C)c1. The molecule has 34 heavy (non-hydrogen) atoms. The highest BCUT2D eigenvalue weighted by atomic mass is 32.2. The van der Waals surface area contributed by atoms with Gasteiger partial charge in [-0.1, -0.05) is 29.5 Å². The molecule has 1 saturated heterocycles. The zero-order valence-corrected chi connectivity index (χ0v) is 21.3. The second kappa shape index (κ2) is 11.2. The van der Waals surface area contributed by atoms with Gasteiger partial charge in [-0.25, -0.2) is 13.1 Å². The molecule has 182 valence electrons. The molecule has 2 aromatic carbocycles. The van der Waals surface area contributed by atoms with Crippen LogP contribution >= 0.6 is 11.3 Å². The molecule has 0 atom stereocenters. The van der Waals surface area contributed by atoms with E-state index in [-0.39, 0.29) is 4.21 Å². The van der Waals surface area contributed by atoms with E-state index >= 15 is 0 Å². The molecule has 2 N–H and O–H groups in total. The van der Waals surface area contributed by atoms with Crippen molar-refractivity contribution in [2.45, 2.75) is 18.1 Å². The monoisotopic (exact) mass is 500 g/mol. The highest BCUT2D eigenvalue weighted by Crippen LogP contribution is 2.33. The van der Waals surface area contributed by atoms with Gasteiger partial charge in [-0.05, 0) is 55.8 Å². The molecule has 9 heteroatoms. The normalized spacial score (nSPS) is 14.2. The van der Waals surface area contributed by atoms with Crippen molar-refractivity contribution < 1.29 is 13.2 Å². The number of nitrogens with one attached hydrogen (secondary N) is 2. The lowest BCUT2D eigenvalue weighted by molar-refractivity contribution is 0.496. The van der Waals surface area contributed by atoms with E-state index in [0.717, 1.165) is 55.4 Å². The molecule has 0 unspecified atom stereocenters. The van der Waals surface area contributed by atoms with Gasteiger partial charge in [0.25, 0.3) is 0 Å². The van der Waals surface area contributed by atoms with E-state index in [4.69, 9.17) is 4.74 Å². The molecule has 0 aliphatic carbocycles. The Balaban J connectivity index is 1.35. The lowest BCUT2D eigenvalue weighted by atomic mass is 10.2. The predicted octanol–water partition coefficient (Wildman–Crippen LogP) is 4.06. The van der Waals surface area contributed by atoms with Gasteiger partial charge in [-0.15, -0.1) is 0 Å². The summed E-state index contributed by atoms with van der Waals surface area (Å²) >= 11 is 1.13. The van der Waals surface area contributed by atoms with Crippen LogP contribution in [0.3, 0.4) is 0 Å². The van der Waals surface area contributed by atoms with Crippen LogP contribution in [0.5, 0.6) is 10.8 Å². The van der Waals surface area contributed by atoms with Crippen LogP contribution in [-0.4, -0.2) is 54.2 Å². The number of sulfonamides is 1. The average molecular weight is 501 g/mol. The second-order valence-corrected chi connectivity index (χ2v) is 11.3. The zero-order valence-electron chi connectivity index (χ0n) is 19.7. The molecule has 0 bridgehead atoms. The lowest BCUT2D eigenvalue weighted by Crippen LogP contribution is -2.43. The summed E-state index contributed by atoms with van der Waals surface area (Å²) in [5, 5.41) is 3.90. The third-order valence-electron chi connectivity index (χ3n) is 5.76. The lowest BCUT2D eigenvalue weighted by Gasteiger charge is -2.29. The van der Waals surface area contributed by atoms with Crippen molar-refractivity contribution in [2.24, 2.45) is 0 Å². The maximum absolute atomic E-state index is 12.8. The fraction of sp³-hybridized carbons (Fsp3) is 0.360. The van der Waals surface area contributed by atoms with Crippen molar-refractivity contribution in [3.63, 3.8) is 0 Å². The largest absolute Gasteiger partial charge is 0.447 e. The van der Waals surface area contributed by atoms with E-state index in [9.17, 15) is 8.42 Å². The number of ether oxygens (including phenoxy) is 1. The molecule has 0 saturated carbocycles. The van der Waals surface area contributed by atoms with Crippen molar-refractivity contribution in [3.8, 4) is 10.8 Å². The van der Waals surface area contributed by atoms with Gasteiger partial charge in [0, 0.05) is 63.3 Å². The standard InChI is InChI=1S/C25H32N4O3S2/c1-3-28(21-7-4-6-20(2)18-21)17-14-27-34(30,31)25-11-10-24(33-25)32-23-9-5-8-22(19-23)29-15-12-26-13-16-29/h4-11,18-19,26-27H,3,12-17H2,1-2H3. The molecule has 0 radical (unpaired) electrons. The predicted molar refractivity (Wildman–Crippen MR) is 140 cm³/mol. The van der Waals surface area contributed by atoms with Crippen molar-refractivity contribution in [3.05, 3.63) is 66.2 Å². The van der Waals surface area contributed by atoms with Gasteiger partial charge >= 0.3 is 0 Å². The van der Waals surface area contributed by atoms with Gasteiger partial charge in [0.05, 0.1) is 0 Å². The smallest absolute Gasteiger partial charge is 0.250 e. The minimum Gasteiger partial charge on any atom is -0.447 e. The summed E-state index contributed by atoms with van der Waals surface area (Å²) < 4.78 is 34.6. The van der Waals surface area contributed by atoms with Crippen LogP contribution in [-0.2, 0) is 10.0 Å². The summed E-state index contributed by atoms with van der Waals surface area (Å²) in [5.41, 5.74) is 3.39. The molecule has 7 nitrogen and oxygen atoms in total. The number of hydrogen-bond acceptors (Lipinski definition) is 7. The van der Waals surface area contributed by atoms with E-state index in [1.54, 1.807) is 12.1 Å². The highest BCUT2D eigenvalue weighted by molar-refractivity contribution is 7.91. The molecule has 4 rings (SSSR count). The van der Waals surface area contributed by atoms with E-state index in [2.05, 4.69) is 51.9 Å². The van der Waals surface area contributed by atoms with Crippen LogP contribution in [0.2, 0.25) is 0 Å². The molecular weight excluding hydrogens is 468 g/mol. The first-order valence-corrected chi connectivity index (χ1v) is 13.9. The van der Waals surface area contributed by atoms with Crippen molar-refractivity contribution in [1.29, 1.82) is 0 Å². The quantitative estimate of drug-likeness (QED) is 0.437. The number of hydrogen-bond donors (Lipinski definition) is 2. The number of rotatable bonds is 10. The van der Waals surface area contributed by atoms with Crippen molar-refractivity contribution in [2.75, 3.05) is 55.6 Å². The molecule has 0 amide bonds. The minimum absolute atomic E-state index is 0.249. The number of benzene rings is 2. The first-order chi connectivity index (χ1) is 16.4. The van der Waals surface area contributed by atoms with E-state index < -0.39 is 10.0 Å². The first kappa shape index (κ1) is 24.5. The van der Waals surface area contributed by atoms with E-state index in [0.29, 0.717) is 23.9 Å². The van der Waals surface area contributed by atoms with Gasteiger partial charge in [-0.3, -0.25) is 0 Å². The van der Waals surface area contributed by atoms with E-state index in [1.165, 1.54) is 5.56 Å². The van der Waals surface area contributed by atoms with Gasteiger partial charge in [0.1, 0.15) is 9.96 Å². The summed E-state index contributed by atoms with van der Waals surface area (Å²) in [5.74, 6) is 0.700. The molecule has 1 fully saturated rings. The summed E-state index contributed by atoms with van der Waals surface area (Å²) in [6, 6.07) is 19.5. The van der Waals surface area contributed by atoms with Gasteiger partial charge in [0.2, 0.25) is 10.0 Å². The second-order valence-electron chi connectivity index (χ2n) is 8.23. The van der Waals surface area contributed by atoms with Crippen LogP contribution in [0.25, 0.3) is 0 Å². The molecule has 1 aromatic heterocycles. The van der Waals surface area contributed by atoms with Crippen LogP contribution in [0.4, 0.5) is 11.4 Å². The van der Waals surface area contributed by atoms with Crippen LogP contribution in [0, 0.1) is 6.92 Å². The summed E-state index contributed by atoms with van der Waals surface area (Å²) in [7, 11) is -3.60. The fourth-order valence-electron chi connectivity index (χ4n) is 3.97. The highest BCUT2D eigenvalue weighted by Gasteiger charge is 2.18. The molecule has 1 aliphatic rings. The molecule has 1 aliphatic heterocycles. The summed E-state index contributed by atoms with van der Waals surface area (Å²) in [6.07, 6.45) is 0. The van der Waals surface area contributed by atoms with Crippen molar-refractivity contribution >= 4 is 32.7 Å². The zero-order chi connectivity index (χ0) is 24.0. The Morgan fingerprint density at radius 2 is 1.88 bits per heavy atom. The maximum atomic E-state index is 12.8. The Morgan fingerprint density at radius 3 is 2.65 bits per heavy atom.